The molecule has 2 rings (SSSR count). The molecule has 6 heteroatoms. The van der Waals surface area contributed by atoms with Crippen LogP contribution in [-0.2, 0) is 16.1 Å². The summed E-state index contributed by atoms with van der Waals surface area (Å²) in [6.07, 6.45) is 0. The van der Waals surface area contributed by atoms with Crippen LogP contribution in [0.5, 0.6) is 5.75 Å². The number of hydrogen-bond donors (Lipinski definition) is 1. The van der Waals surface area contributed by atoms with Crippen molar-refractivity contribution >= 4 is 23.6 Å². The van der Waals surface area contributed by atoms with Gasteiger partial charge in [-0.15, -0.1) is 11.8 Å². The number of methoxy groups -OCH3 is 1. The van der Waals surface area contributed by atoms with Gasteiger partial charge in [-0.1, -0.05) is 44.2 Å². The number of amides is 2. The Bertz CT molecular complexity index is 796. The highest BCUT2D eigenvalue weighted by Crippen LogP contribution is 2.20. The minimum absolute atomic E-state index is 0.0751. The van der Waals surface area contributed by atoms with Gasteiger partial charge in [0.05, 0.1) is 12.9 Å². The van der Waals surface area contributed by atoms with E-state index in [1.807, 2.05) is 68.4 Å². The Kier molecular flexibility index (Phi) is 9.06. The van der Waals surface area contributed by atoms with Crippen molar-refractivity contribution in [2.75, 3.05) is 19.4 Å². The van der Waals surface area contributed by atoms with Gasteiger partial charge < -0.3 is 15.0 Å². The first-order valence-corrected chi connectivity index (χ1v) is 10.8. The van der Waals surface area contributed by atoms with Crippen LogP contribution in [0.2, 0.25) is 0 Å². The molecule has 156 valence electrons. The molecule has 0 fully saturated rings. The molecule has 2 aromatic carbocycles. The van der Waals surface area contributed by atoms with Crippen molar-refractivity contribution in [3.63, 3.8) is 0 Å². The molecule has 1 N–H and O–H groups in total. The van der Waals surface area contributed by atoms with Gasteiger partial charge in [0.25, 0.3) is 0 Å². The van der Waals surface area contributed by atoms with Crippen LogP contribution in [-0.4, -0.2) is 42.2 Å². The Hall–Kier alpha value is -2.47. The SMILES string of the molecule is COc1cccc(CN(C(=O)CSc2ccccc2)[C@H](C)C(=O)NCC(C)C)c1. The summed E-state index contributed by atoms with van der Waals surface area (Å²) in [5.74, 6) is 1.14. The maximum absolute atomic E-state index is 13.1. The third kappa shape index (κ3) is 7.46. The largest absolute Gasteiger partial charge is 0.497 e. The lowest BCUT2D eigenvalue weighted by Crippen LogP contribution is -2.48. The predicted octanol–water partition coefficient (Wildman–Crippen LogP) is 3.98. The standard InChI is InChI=1S/C23H30N2O3S/c1-17(2)14-24-23(27)18(3)25(15-19-9-8-10-20(13-19)28-4)22(26)16-29-21-11-6-5-7-12-21/h5-13,17-18H,14-16H2,1-4H3,(H,24,27)/t18-/m1/s1. The molecule has 5 nitrogen and oxygen atoms in total. The highest BCUT2D eigenvalue weighted by molar-refractivity contribution is 8.00. The number of rotatable bonds is 10. The Morgan fingerprint density at radius 1 is 1.07 bits per heavy atom. The lowest BCUT2D eigenvalue weighted by atomic mass is 10.1. The number of carbonyl (C=O) groups excluding carboxylic acids is 2. The van der Waals surface area contributed by atoms with E-state index in [0.717, 1.165) is 16.2 Å². The van der Waals surface area contributed by atoms with Crippen molar-refractivity contribution in [3.05, 3.63) is 60.2 Å². The van der Waals surface area contributed by atoms with E-state index in [-0.39, 0.29) is 17.6 Å². The maximum atomic E-state index is 13.1. The molecule has 0 saturated heterocycles. The zero-order chi connectivity index (χ0) is 21.2. The van der Waals surface area contributed by atoms with Crippen LogP contribution < -0.4 is 10.1 Å². The van der Waals surface area contributed by atoms with E-state index < -0.39 is 6.04 Å². The van der Waals surface area contributed by atoms with Gasteiger partial charge in [-0.05, 0) is 42.7 Å². The second-order valence-corrected chi connectivity index (χ2v) is 8.34. The van der Waals surface area contributed by atoms with Crippen LogP contribution >= 0.6 is 11.8 Å². The van der Waals surface area contributed by atoms with Gasteiger partial charge in [-0.2, -0.15) is 0 Å². The Balaban J connectivity index is 2.14. The summed E-state index contributed by atoms with van der Waals surface area (Å²) >= 11 is 1.47. The van der Waals surface area contributed by atoms with E-state index in [2.05, 4.69) is 5.32 Å². The van der Waals surface area contributed by atoms with E-state index >= 15 is 0 Å². The molecule has 0 spiro atoms. The van der Waals surface area contributed by atoms with Crippen LogP contribution in [0.1, 0.15) is 26.3 Å². The van der Waals surface area contributed by atoms with Gasteiger partial charge >= 0.3 is 0 Å². The highest BCUT2D eigenvalue weighted by atomic mass is 32.2. The maximum Gasteiger partial charge on any atom is 0.242 e. The van der Waals surface area contributed by atoms with Crippen LogP contribution in [0, 0.1) is 5.92 Å². The van der Waals surface area contributed by atoms with E-state index in [1.54, 1.807) is 18.9 Å². The molecule has 1 atom stereocenters. The molecule has 0 saturated carbocycles. The topological polar surface area (TPSA) is 58.6 Å². The molecule has 0 radical (unpaired) electrons. The average molecular weight is 415 g/mol. The molecule has 2 amide bonds. The number of benzene rings is 2. The summed E-state index contributed by atoms with van der Waals surface area (Å²) in [6.45, 7) is 6.80. The minimum Gasteiger partial charge on any atom is -0.497 e. The molecule has 0 aliphatic carbocycles. The predicted molar refractivity (Wildman–Crippen MR) is 118 cm³/mol. The van der Waals surface area contributed by atoms with E-state index in [0.29, 0.717) is 19.0 Å². The zero-order valence-corrected chi connectivity index (χ0v) is 18.4. The molecular weight excluding hydrogens is 384 g/mol. The first-order valence-electron chi connectivity index (χ1n) is 9.78. The number of thioether (sulfide) groups is 1. The van der Waals surface area contributed by atoms with E-state index in [9.17, 15) is 9.59 Å². The third-order valence-electron chi connectivity index (χ3n) is 4.44. The Morgan fingerprint density at radius 2 is 1.79 bits per heavy atom. The van der Waals surface area contributed by atoms with Crippen molar-refractivity contribution in [3.8, 4) is 5.75 Å². The number of nitrogens with one attached hydrogen (secondary N) is 1. The van der Waals surface area contributed by atoms with Gasteiger partial charge in [0, 0.05) is 18.0 Å². The number of hydrogen-bond acceptors (Lipinski definition) is 4. The zero-order valence-electron chi connectivity index (χ0n) is 17.6. The van der Waals surface area contributed by atoms with E-state index in [1.165, 1.54) is 11.8 Å². The average Bonchev–Trinajstić information content (AvgIpc) is 2.74. The summed E-state index contributed by atoms with van der Waals surface area (Å²) in [7, 11) is 1.61. The van der Waals surface area contributed by atoms with Gasteiger partial charge in [0.15, 0.2) is 0 Å². The number of ether oxygens (including phenoxy) is 1. The fourth-order valence-electron chi connectivity index (χ4n) is 2.75. The molecule has 0 aromatic heterocycles. The van der Waals surface area contributed by atoms with E-state index in [4.69, 9.17) is 4.74 Å². The minimum atomic E-state index is -0.566. The molecular formula is C23H30N2O3S. The molecule has 29 heavy (non-hydrogen) atoms. The Morgan fingerprint density at radius 3 is 2.45 bits per heavy atom. The second kappa shape index (κ2) is 11.5. The van der Waals surface area contributed by atoms with Crippen molar-refractivity contribution in [1.82, 2.24) is 10.2 Å². The molecule has 0 heterocycles. The normalized spacial score (nSPS) is 11.8. The summed E-state index contributed by atoms with van der Waals surface area (Å²) < 4.78 is 5.29. The quantitative estimate of drug-likeness (QED) is 0.598. The number of carbonyl (C=O) groups is 2. The summed E-state index contributed by atoms with van der Waals surface area (Å²) in [5.41, 5.74) is 0.922. The lowest BCUT2D eigenvalue weighted by molar-refractivity contribution is -0.138. The van der Waals surface area contributed by atoms with Crippen molar-refractivity contribution in [2.24, 2.45) is 5.92 Å². The molecule has 2 aromatic rings. The van der Waals surface area contributed by atoms with Crippen LogP contribution in [0.3, 0.4) is 0 Å². The van der Waals surface area contributed by atoms with Gasteiger partial charge in [-0.3, -0.25) is 9.59 Å². The van der Waals surface area contributed by atoms with Crippen LogP contribution in [0.4, 0.5) is 0 Å². The lowest BCUT2D eigenvalue weighted by Gasteiger charge is -2.29. The Labute approximate surface area is 177 Å². The van der Waals surface area contributed by atoms with Crippen molar-refractivity contribution < 1.29 is 14.3 Å². The number of nitrogens with zero attached hydrogens (tertiary/aromatic N) is 1. The molecule has 0 aliphatic heterocycles. The fraction of sp³-hybridized carbons (Fsp3) is 0.391. The van der Waals surface area contributed by atoms with Crippen LogP contribution in [0.15, 0.2) is 59.5 Å². The summed E-state index contributed by atoms with van der Waals surface area (Å²) in [5, 5.41) is 2.94. The van der Waals surface area contributed by atoms with Crippen molar-refractivity contribution in [1.29, 1.82) is 0 Å². The highest BCUT2D eigenvalue weighted by Gasteiger charge is 2.26. The fourth-order valence-corrected chi connectivity index (χ4v) is 3.55. The smallest absolute Gasteiger partial charge is 0.242 e. The molecule has 0 aliphatic rings. The third-order valence-corrected chi connectivity index (χ3v) is 5.44. The van der Waals surface area contributed by atoms with Crippen molar-refractivity contribution in [2.45, 2.75) is 38.3 Å². The monoisotopic (exact) mass is 414 g/mol. The first kappa shape index (κ1) is 22.8. The van der Waals surface area contributed by atoms with Crippen LogP contribution in [0.25, 0.3) is 0 Å². The second-order valence-electron chi connectivity index (χ2n) is 7.29. The first-order chi connectivity index (χ1) is 13.9. The van der Waals surface area contributed by atoms with Gasteiger partial charge in [0.1, 0.15) is 11.8 Å². The molecule has 0 bridgehead atoms. The summed E-state index contributed by atoms with van der Waals surface area (Å²) in [6, 6.07) is 16.8. The summed E-state index contributed by atoms with van der Waals surface area (Å²) in [4.78, 5) is 28.4. The van der Waals surface area contributed by atoms with Gasteiger partial charge in [-0.25, -0.2) is 0 Å². The van der Waals surface area contributed by atoms with Gasteiger partial charge in [0.2, 0.25) is 11.8 Å². The molecule has 0 unspecified atom stereocenters.